The number of carbonyl (C=O) groups excluding carboxylic acids is 2. The van der Waals surface area contributed by atoms with Gasteiger partial charge in [0.05, 0.1) is 19.3 Å². The highest BCUT2D eigenvalue weighted by Crippen LogP contribution is 2.23. The van der Waals surface area contributed by atoms with Gasteiger partial charge in [-0.1, -0.05) is 23.7 Å². The Bertz CT molecular complexity index is 888. The van der Waals surface area contributed by atoms with Gasteiger partial charge in [0.15, 0.2) is 6.61 Å². The number of aromatic nitrogens is 2. The molecule has 0 N–H and O–H groups in total. The fourth-order valence-corrected chi connectivity index (χ4v) is 3.10. The normalized spacial score (nSPS) is 10.9. The molecule has 0 unspecified atom stereocenters. The van der Waals surface area contributed by atoms with E-state index in [0.29, 0.717) is 36.0 Å². The van der Waals surface area contributed by atoms with Crippen LogP contribution in [0, 0.1) is 6.92 Å². The number of ether oxygens (including phenoxy) is 2. The molecule has 1 aromatic carbocycles. The van der Waals surface area contributed by atoms with E-state index >= 15 is 0 Å². The van der Waals surface area contributed by atoms with Crippen molar-refractivity contribution in [1.82, 2.24) is 14.7 Å². The smallest absolute Gasteiger partial charge is 0.331 e. The highest BCUT2D eigenvalue weighted by atomic mass is 35.5. The summed E-state index contributed by atoms with van der Waals surface area (Å²) in [5.74, 6) is -0.0804. The van der Waals surface area contributed by atoms with Gasteiger partial charge in [-0.2, -0.15) is 5.10 Å². The number of aryl methyl sites for hydroxylation is 1. The van der Waals surface area contributed by atoms with Crippen molar-refractivity contribution in [2.24, 2.45) is 0 Å². The van der Waals surface area contributed by atoms with Gasteiger partial charge in [0.2, 0.25) is 0 Å². The van der Waals surface area contributed by atoms with Gasteiger partial charge in [-0.3, -0.25) is 4.79 Å². The molecule has 2 aromatic rings. The molecule has 0 aliphatic heterocycles. The number of nitrogens with zero attached hydrogens (tertiary/aromatic N) is 3. The number of rotatable bonds is 9. The molecule has 2 rings (SSSR count). The first kappa shape index (κ1) is 22.5. The fourth-order valence-electron chi connectivity index (χ4n) is 2.80. The minimum atomic E-state index is -0.610. The number of carbonyl (C=O) groups is 2. The van der Waals surface area contributed by atoms with E-state index in [4.69, 9.17) is 21.1 Å². The molecule has 8 heteroatoms. The second kappa shape index (κ2) is 10.7. The zero-order valence-corrected chi connectivity index (χ0v) is 17.9. The van der Waals surface area contributed by atoms with Crippen LogP contribution in [0.5, 0.6) is 5.75 Å². The molecule has 1 heterocycles. The van der Waals surface area contributed by atoms with Crippen molar-refractivity contribution in [3.05, 3.63) is 52.3 Å². The van der Waals surface area contributed by atoms with E-state index in [2.05, 4.69) is 5.10 Å². The molecule has 0 saturated heterocycles. The van der Waals surface area contributed by atoms with Gasteiger partial charge in [-0.05, 0) is 44.5 Å². The van der Waals surface area contributed by atoms with E-state index in [-0.39, 0.29) is 12.5 Å². The Morgan fingerprint density at radius 2 is 2.00 bits per heavy atom. The van der Waals surface area contributed by atoms with Crippen LogP contribution in [-0.2, 0) is 20.9 Å². The van der Waals surface area contributed by atoms with Crippen LogP contribution >= 0.6 is 11.6 Å². The Morgan fingerprint density at radius 1 is 1.28 bits per heavy atom. The van der Waals surface area contributed by atoms with Crippen molar-refractivity contribution in [1.29, 1.82) is 0 Å². The molecule has 0 saturated carbocycles. The molecule has 0 spiro atoms. The Kier molecular flexibility index (Phi) is 8.27. The number of methoxy groups -OCH3 is 1. The summed E-state index contributed by atoms with van der Waals surface area (Å²) in [5.41, 5.74) is 2.29. The van der Waals surface area contributed by atoms with E-state index in [0.717, 1.165) is 11.3 Å². The summed E-state index contributed by atoms with van der Waals surface area (Å²) < 4.78 is 11.9. The fraction of sp³-hybridized carbons (Fsp3) is 0.381. The van der Waals surface area contributed by atoms with Gasteiger partial charge in [0.25, 0.3) is 5.91 Å². The van der Waals surface area contributed by atoms with E-state index in [1.54, 1.807) is 22.8 Å². The minimum absolute atomic E-state index is 0.225. The third kappa shape index (κ3) is 6.09. The lowest BCUT2D eigenvalue weighted by Gasteiger charge is -2.17. The zero-order valence-electron chi connectivity index (χ0n) is 17.1. The predicted octanol–water partition coefficient (Wildman–Crippen LogP) is 3.33. The van der Waals surface area contributed by atoms with Crippen LogP contribution in [0.25, 0.3) is 6.08 Å². The van der Waals surface area contributed by atoms with Crippen LogP contribution in [-0.4, -0.2) is 53.4 Å². The lowest BCUT2D eigenvalue weighted by atomic mass is 10.2. The van der Waals surface area contributed by atoms with Crippen LogP contribution in [0.3, 0.4) is 0 Å². The summed E-state index contributed by atoms with van der Waals surface area (Å²) in [5, 5.41) is 4.85. The van der Waals surface area contributed by atoms with Gasteiger partial charge in [0, 0.05) is 24.7 Å². The monoisotopic (exact) mass is 419 g/mol. The van der Waals surface area contributed by atoms with Gasteiger partial charge in [-0.25, -0.2) is 9.48 Å². The third-order valence-electron chi connectivity index (χ3n) is 4.42. The highest BCUT2D eigenvalue weighted by Gasteiger charge is 2.14. The van der Waals surface area contributed by atoms with Gasteiger partial charge >= 0.3 is 5.97 Å². The Morgan fingerprint density at radius 3 is 2.66 bits per heavy atom. The molecule has 1 aromatic heterocycles. The maximum Gasteiger partial charge on any atom is 0.331 e. The molecule has 156 valence electrons. The second-order valence-electron chi connectivity index (χ2n) is 6.31. The first-order chi connectivity index (χ1) is 13.9. The van der Waals surface area contributed by atoms with E-state index < -0.39 is 5.97 Å². The number of halogens is 1. The quantitative estimate of drug-likeness (QED) is 0.460. The number of hydrogen-bond donors (Lipinski definition) is 0. The molecular weight excluding hydrogens is 394 g/mol. The molecule has 0 fully saturated rings. The zero-order chi connectivity index (χ0) is 21.4. The summed E-state index contributed by atoms with van der Waals surface area (Å²) in [6.07, 6.45) is 2.80. The lowest BCUT2D eigenvalue weighted by Crippen LogP contribution is -2.34. The van der Waals surface area contributed by atoms with Crippen LogP contribution in [0.15, 0.2) is 30.3 Å². The molecule has 0 bridgehead atoms. The summed E-state index contributed by atoms with van der Waals surface area (Å²) in [6.45, 7) is 6.88. The molecule has 0 radical (unpaired) electrons. The highest BCUT2D eigenvalue weighted by molar-refractivity contribution is 6.31. The first-order valence-electron chi connectivity index (χ1n) is 9.38. The van der Waals surface area contributed by atoms with Crippen LogP contribution < -0.4 is 4.74 Å². The largest absolute Gasteiger partial charge is 0.497 e. The maximum absolute atomic E-state index is 11.9. The van der Waals surface area contributed by atoms with Crippen LogP contribution in [0.1, 0.15) is 30.7 Å². The Hall–Kier alpha value is -2.80. The van der Waals surface area contributed by atoms with Gasteiger partial charge < -0.3 is 14.4 Å². The molecule has 0 aliphatic rings. The molecule has 0 atom stereocenters. The SMILES string of the molecule is CCN(CC)C(=O)COC(=O)/C=C/c1c(C)nn(Cc2cccc(OC)c2)c1Cl. The van der Waals surface area contributed by atoms with Gasteiger partial charge in [-0.15, -0.1) is 0 Å². The number of esters is 1. The van der Waals surface area contributed by atoms with Crippen molar-refractivity contribution in [3.8, 4) is 5.75 Å². The average Bonchev–Trinajstić information content (AvgIpc) is 2.98. The second-order valence-corrected chi connectivity index (χ2v) is 6.66. The van der Waals surface area contributed by atoms with E-state index in [9.17, 15) is 9.59 Å². The topological polar surface area (TPSA) is 73.7 Å². The summed E-state index contributed by atoms with van der Waals surface area (Å²) in [7, 11) is 1.61. The average molecular weight is 420 g/mol. The number of benzene rings is 1. The summed E-state index contributed by atoms with van der Waals surface area (Å²) in [6, 6.07) is 7.63. The van der Waals surface area contributed by atoms with Crippen LogP contribution in [0.4, 0.5) is 0 Å². The number of hydrogen-bond acceptors (Lipinski definition) is 5. The maximum atomic E-state index is 11.9. The lowest BCUT2D eigenvalue weighted by molar-refractivity contribution is -0.147. The number of amides is 1. The Balaban J connectivity index is 2.03. The van der Waals surface area contributed by atoms with Crippen LogP contribution in [0.2, 0.25) is 5.15 Å². The molecule has 1 amide bonds. The summed E-state index contributed by atoms with van der Waals surface area (Å²) in [4.78, 5) is 25.4. The molecule has 29 heavy (non-hydrogen) atoms. The van der Waals surface area contributed by atoms with Gasteiger partial charge in [0.1, 0.15) is 10.9 Å². The minimum Gasteiger partial charge on any atom is -0.497 e. The Labute approximate surface area is 175 Å². The van der Waals surface area contributed by atoms with Crippen molar-refractivity contribution in [3.63, 3.8) is 0 Å². The van der Waals surface area contributed by atoms with E-state index in [1.165, 1.54) is 6.08 Å². The third-order valence-corrected chi connectivity index (χ3v) is 4.81. The molecule has 0 aliphatic carbocycles. The van der Waals surface area contributed by atoms with E-state index in [1.807, 2.05) is 45.0 Å². The van der Waals surface area contributed by atoms with Crippen molar-refractivity contribution >= 4 is 29.6 Å². The standard InChI is InChI=1S/C21H26ClN3O4/c1-5-24(6-2)19(26)14-29-20(27)11-10-18-15(3)23-25(21(18)22)13-16-8-7-9-17(12-16)28-4/h7-12H,5-6,13-14H2,1-4H3/b11-10+. The molecular formula is C21H26ClN3O4. The van der Waals surface area contributed by atoms with Crippen molar-refractivity contribution < 1.29 is 19.1 Å². The molecule has 7 nitrogen and oxygen atoms in total. The number of likely N-dealkylation sites (N-methyl/N-ethyl adjacent to an activating group) is 1. The van der Waals surface area contributed by atoms with Crippen molar-refractivity contribution in [2.45, 2.75) is 27.3 Å². The first-order valence-corrected chi connectivity index (χ1v) is 9.75. The van der Waals surface area contributed by atoms with Crippen molar-refractivity contribution in [2.75, 3.05) is 26.8 Å². The summed E-state index contributed by atoms with van der Waals surface area (Å²) >= 11 is 6.45. The predicted molar refractivity (Wildman–Crippen MR) is 112 cm³/mol.